The summed E-state index contributed by atoms with van der Waals surface area (Å²) in [5.41, 5.74) is 0.727. The van der Waals surface area contributed by atoms with Crippen molar-refractivity contribution >= 4 is 23.2 Å². The van der Waals surface area contributed by atoms with Crippen LogP contribution in [0.5, 0.6) is 0 Å². The van der Waals surface area contributed by atoms with E-state index < -0.39 is 5.79 Å². The van der Waals surface area contributed by atoms with Gasteiger partial charge in [0.1, 0.15) is 0 Å². The number of amides is 1. The van der Waals surface area contributed by atoms with Crippen LogP contribution in [0.1, 0.15) is 6.42 Å². The molecule has 0 aliphatic carbocycles. The van der Waals surface area contributed by atoms with E-state index in [-0.39, 0.29) is 11.8 Å². The Labute approximate surface area is 123 Å². The van der Waals surface area contributed by atoms with E-state index in [0.29, 0.717) is 24.5 Å². The standard InChI is InChI=1S/C14H19ClN2O3/c1-19-14(20-2)7-10(8-16-9-14)13(18)17-12-5-3-11(15)4-6-12/h3-6,10,16H,7-9H2,1-2H3,(H,17,18). The van der Waals surface area contributed by atoms with E-state index >= 15 is 0 Å². The van der Waals surface area contributed by atoms with Crippen molar-refractivity contribution in [3.05, 3.63) is 29.3 Å². The predicted octanol–water partition coefficient (Wildman–Crippen LogP) is 1.88. The van der Waals surface area contributed by atoms with Crippen LogP contribution in [0, 0.1) is 5.92 Å². The molecule has 2 N–H and O–H groups in total. The van der Waals surface area contributed by atoms with Gasteiger partial charge in [-0.15, -0.1) is 0 Å². The van der Waals surface area contributed by atoms with Crippen LogP contribution in [0.15, 0.2) is 24.3 Å². The molecule has 20 heavy (non-hydrogen) atoms. The van der Waals surface area contributed by atoms with Crippen LogP contribution in [-0.2, 0) is 14.3 Å². The average molecular weight is 299 g/mol. The Morgan fingerprint density at radius 3 is 2.60 bits per heavy atom. The lowest BCUT2D eigenvalue weighted by Crippen LogP contribution is -2.54. The highest BCUT2D eigenvalue weighted by atomic mass is 35.5. The Kier molecular flexibility index (Phi) is 4.99. The molecule has 1 heterocycles. The number of benzene rings is 1. The summed E-state index contributed by atoms with van der Waals surface area (Å²) in [4.78, 5) is 12.3. The van der Waals surface area contributed by atoms with E-state index in [1.165, 1.54) is 0 Å². The molecule has 0 spiro atoms. The molecule has 1 amide bonds. The minimum Gasteiger partial charge on any atom is -0.352 e. The number of carbonyl (C=O) groups is 1. The molecule has 2 rings (SSSR count). The van der Waals surface area contributed by atoms with Crippen molar-refractivity contribution in [1.82, 2.24) is 5.32 Å². The number of carbonyl (C=O) groups excluding carboxylic acids is 1. The number of rotatable bonds is 4. The number of hydrogen-bond donors (Lipinski definition) is 2. The maximum atomic E-state index is 12.3. The monoisotopic (exact) mass is 298 g/mol. The molecule has 1 saturated heterocycles. The summed E-state index contributed by atoms with van der Waals surface area (Å²) in [6, 6.07) is 7.03. The molecule has 5 nitrogen and oxygen atoms in total. The van der Waals surface area contributed by atoms with E-state index in [4.69, 9.17) is 21.1 Å². The van der Waals surface area contributed by atoms with Crippen molar-refractivity contribution < 1.29 is 14.3 Å². The molecule has 0 aromatic heterocycles. The zero-order valence-corrected chi connectivity index (χ0v) is 12.4. The number of ether oxygens (including phenoxy) is 2. The summed E-state index contributed by atoms with van der Waals surface area (Å²) in [5, 5.41) is 6.69. The first-order valence-corrected chi connectivity index (χ1v) is 6.84. The SMILES string of the molecule is COC1(OC)CNCC(C(=O)Nc2ccc(Cl)cc2)C1. The Balaban J connectivity index is 2.00. The first-order valence-electron chi connectivity index (χ1n) is 6.46. The minimum atomic E-state index is -0.736. The first kappa shape index (κ1) is 15.3. The van der Waals surface area contributed by atoms with Gasteiger partial charge in [-0.05, 0) is 24.3 Å². The van der Waals surface area contributed by atoms with Crippen molar-refractivity contribution in [2.24, 2.45) is 5.92 Å². The van der Waals surface area contributed by atoms with Crippen LogP contribution in [0.2, 0.25) is 5.02 Å². The second kappa shape index (κ2) is 6.54. The highest BCUT2D eigenvalue weighted by molar-refractivity contribution is 6.30. The van der Waals surface area contributed by atoms with Crippen LogP contribution < -0.4 is 10.6 Å². The number of methoxy groups -OCH3 is 2. The van der Waals surface area contributed by atoms with Crippen LogP contribution in [-0.4, -0.2) is 39.0 Å². The molecular formula is C14H19ClN2O3. The lowest BCUT2D eigenvalue weighted by atomic mass is 9.93. The van der Waals surface area contributed by atoms with E-state index in [1.807, 2.05) is 0 Å². The molecule has 0 saturated carbocycles. The third-order valence-corrected chi connectivity index (χ3v) is 3.82. The summed E-state index contributed by atoms with van der Waals surface area (Å²) in [6.07, 6.45) is 0.520. The normalized spacial score (nSPS) is 21.4. The number of nitrogens with one attached hydrogen (secondary N) is 2. The second-order valence-electron chi connectivity index (χ2n) is 4.85. The fraction of sp³-hybridized carbons (Fsp3) is 0.500. The molecule has 6 heteroatoms. The first-order chi connectivity index (χ1) is 9.58. The number of anilines is 1. The Bertz CT molecular complexity index is 460. The van der Waals surface area contributed by atoms with Gasteiger partial charge in [0.15, 0.2) is 5.79 Å². The Hall–Kier alpha value is -1.14. The van der Waals surface area contributed by atoms with E-state index in [0.717, 1.165) is 5.69 Å². The molecule has 1 aliphatic heterocycles. The topological polar surface area (TPSA) is 59.6 Å². The van der Waals surface area contributed by atoms with Crippen molar-refractivity contribution in [2.45, 2.75) is 12.2 Å². The smallest absolute Gasteiger partial charge is 0.228 e. The largest absolute Gasteiger partial charge is 0.352 e. The van der Waals surface area contributed by atoms with Gasteiger partial charge in [0.05, 0.1) is 5.92 Å². The summed E-state index contributed by atoms with van der Waals surface area (Å²) >= 11 is 5.82. The van der Waals surface area contributed by atoms with Gasteiger partial charge in [-0.1, -0.05) is 11.6 Å². The van der Waals surface area contributed by atoms with Crippen molar-refractivity contribution in [1.29, 1.82) is 0 Å². The van der Waals surface area contributed by atoms with Crippen molar-refractivity contribution in [3.63, 3.8) is 0 Å². The van der Waals surface area contributed by atoms with Crippen LogP contribution in [0.4, 0.5) is 5.69 Å². The molecule has 1 atom stereocenters. The van der Waals surface area contributed by atoms with Gasteiger partial charge in [0.25, 0.3) is 0 Å². The van der Waals surface area contributed by atoms with Crippen LogP contribution in [0.25, 0.3) is 0 Å². The van der Waals surface area contributed by atoms with Gasteiger partial charge in [-0.25, -0.2) is 0 Å². The molecule has 1 aromatic carbocycles. The summed E-state index contributed by atoms with van der Waals surface area (Å²) in [7, 11) is 3.18. The summed E-state index contributed by atoms with van der Waals surface area (Å²) in [5.74, 6) is -1.00. The third kappa shape index (κ3) is 3.49. The molecule has 0 radical (unpaired) electrons. The number of halogens is 1. The van der Waals surface area contributed by atoms with E-state index in [9.17, 15) is 4.79 Å². The van der Waals surface area contributed by atoms with Crippen LogP contribution in [0.3, 0.4) is 0 Å². The Morgan fingerprint density at radius 1 is 1.35 bits per heavy atom. The lowest BCUT2D eigenvalue weighted by Gasteiger charge is -2.38. The zero-order chi connectivity index (χ0) is 14.6. The van der Waals surface area contributed by atoms with Crippen LogP contribution >= 0.6 is 11.6 Å². The molecular weight excluding hydrogens is 280 g/mol. The fourth-order valence-electron chi connectivity index (χ4n) is 2.31. The van der Waals surface area contributed by atoms with E-state index in [2.05, 4.69) is 10.6 Å². The van der Waals surface area contributed by atoms with Gasteiger partial charge >= 0.3 is 0 Å². The van der Waals surface area contributed by atoms with Gasteiger partial charge in [0.2, 0.25) is 5.91 Å². The molecule has 0 bridgehead atoms. The maximum Gasteiger partial charge on any atom is 0.228 e. The highest BCUT2D eigenvalue weighted by Crippen LogP contribution is 2.26. The van der Waals surface area contributed by atoms with E-state index in [1.54, 1.807) is 38.5 Å². The number of piperidine rings is 1. The van der Waals surface area contributed by atoms with Crippen molar-refractivity contribution in [2.75, 3.05) is 32.6 Å². The minimum absolute atomic E-state index is 0.0574. The Morgan fingerprint density at radius 2 is 2.00 bits per heavy atom. The molecule has 1 aromatic rings. The molecule has 1 fully saturated rings. The summed E-state index contributed by atoms with van der Waals surface area (Å²) in [6.45, 7) is 1.18. The van der Waals surface area contributed by atoms with Gasteiger partial charge in [-0.2, -0.15) is 0 Å². The quantitative estimate of drug-likeness (QED) is 0.833. The average Bonchev–Trinajstić information content (AvgIpc) is 2.49. The molecule has 1 unspecified atom stereocenters. The van der Waals surface area contributed by atoms with Gasteiger partial charge < -0.3 is 20.1 Å². The third-order valence-electron chi connectivity index (χ3n) is 3.57. The summed E-state index contributed by atoms with van der Waals surface area (Å²) < 4.78 is 10.8. The second-order valence-corrected chi connectivity index (χ2v) is 5.28. The highest BCUT2D eigenvalue weighted by Gasteiger charge is 2.39. The number of hydrogen-bond acceptors (Lipinski definition) is 4. The molecule has 1 aliphatic rings. The van der Waals surface area contributed by atoms with Gasteiger partial charge in [0, 0.05) is 44.4 Å². The maximum absolute atomic E-state index is 12.3. The van der Waals surface area contributed by atoms with Gasteiger partial charge in [-0.3, -0.25) is 4.79 Å². The fourth-order valence-corrected chi connectivity index (χ4v) is 2.44. The predicted molar refractivity (Wildman–Crippen MR) is 77.8 cm³/mol. The molecule has 110 valence electrons. The lowest BCUT2D eigenvalue weighted by molar-refractivity contribution is -0.221. The zero-order valence-electron chi connectivity index (χ0n) is 11.6. The van der Waals surface area contributed by atoms with Crippen molar-refractivity contribution in [3.8, 4) is 0 Å².